The van der Waals surface area contributed by atoms with Crippen molar-refractivity contribution in [3.63, 3.8) is 0 Å². The van der Waals surface area contributed by atoms with Gasteiger partial charge in [0.05, 0.1) is 7.11 Å². The lowest BCUT2D eigenvalue weighted by molar-refractivity contribution is 0.111. The van der Waals surface area contributed by atoms with Crippen LogP contribution in [-0.4, -0.2) is 74.8 Å². The van der Waals surface area contributed by atoms with Crippen LogP contribution >= 0.6 is 0 Å². The molecule has 1 atom stereocenters. The number of hydrogen-bond donors (Lipinski definition) is 2. The average Bonchev–Trinajstić information content (AvgIpc) is 2.71. The van der Waals surface area contributed by atoms with Crippen molar-refractivity contribution in [2.75, 3.05) is 40.8 Å². The minimum Gasteiger partial charge on any atom is -0.453 e. The Bertz CT molecular complexity index is 600. The van der Waals surface area contributed by atoms with Gasteiger partial charge in [-0.25, -0.2) is 4.79 Å². The summed E-state index contributed by atoms with van der Waals surface area (Å²) in [6.45, 7) is 5.35. The molecule has 1 fully saturated rings. The smallest absolute Gasteiger partial charge is 0.409 e. The van der Waals surface area contributed by atoms with Gasteiger partial charge in [-0.2, -0.15) is 0 Å². The number of likely N-dealkylation sites (N-methyl/N-ethyl adjacent to an activating group) is 1. The molecule has 1 aliphatic rings. The Morgan fingerprint density at radius 1 is 1.33 bits per heavy atom. The molecule has 150 valence electrons. The molecule has 1 amide bonds. The minimum absolute atomic E-state index is 0.244. The molecular formula is C20H33N5O2. The molecule has 1 unspecified atom stereocenters. The number of nitrogens with one attached hydrogen (secondary N) is 2. The fraction of sp³-hybridized carbons (Fsp3) is 0.600. The summed E-state index contributed by atoms with van der Waals surface area (Å²) in [7, 11) is 5.35. The van der Waals surface area contributed by atoms with Crippen LogP contribution in [0.25, 0.3) is 0 Å². The van der Waals surface area contributed by atoms with E-state index >= 15 is 0 Å². The second-order valence-corrected chi connectivity index (χ2v) is 7.08. The lowest BCUT2D eigenvalue weighted by atomic mass is 10.1. The number of methoxy groups -OCH3 is 1. The van der Waals surface area contributed by atoms with E-state index in [0.717, 1.165) is 31.9 Å². The maximum atomic E-state index is 11.6. The van der Waals surface area contributed by atoms with Gasteiger partial charge in [0.25, 0.3) is 0 Å². The number of hydrogen-bond acceptors (Lipinski definition) is 4. The maximum absolute atomic E-state index is 11.6. The zero-order chi connectivity index (χ0) is 19.6. The number of aliphatic imine (C=N–C) groups is 1. The van der Waals surface area contributed by atoms with Gasteiger partial charge in [-0.3, -0.25) is 9.89 Å². The number of carbonyl (C=O) groups is 1. The van der Waals surface area contributed by atoms with Crippen molar-refractivity contribution in [2.45, 2.75) is 38.4 Å². The quantitative estimate of drug-likeness (QED) is 0.587. The molecule has 0 aromatic heterocycles. The molecule has 0 bridgehead atoms. The van der Waals surface area contributed by atoms with E-state index in [1.54, 1.807) is 11.9 Å². The molecule has 0 spiro atoms. The van der Waals surface area contributed by atoms with Crippen molar-refractivity contribution < 1.29 is 9.53 Å². The minimum atomic E-state index is -0.244. The van der Waals surface area contributed by atoms with Crippen molar-refractivity contribution in [3.05, 3.63) is 35.9 Å². The van der Waals surface area contributed by atoms with E-state index in [1.165, 1.54) is 12.7 Å². The third-order valence-corrected chi connectivity index (χ3v) is 5.08. The lowest BCUT2D eigenvalue weighted by Gasteiger charge is -2.32. The molecule has 7 nitrogen and oxygen atoms in total. The first kappa shape index (κ1) is 21.0. The number of likely N-dealkylation sites (tertiary alicyclic amines) is 1. The van der Waals surface area contributed by atoms with Gasteiger partial charge >= 0.3 is 6.09 Å². The number of benzene rings is 1. The maximum Gasteiger partial charge on any atom is 0.409 e. The first-order valence-electron chi connectivity index (χ1n) is 9.57. The van der Waals surface area contributed by atoms with Crippen molar-refractivity contribution in [3.8, 4) is 0 Å². The van der Waals surface area contributed by atoms with E-state index in [2.05, 4.69) is 58.8 Å². The van der Waals surface area contributed by atoms with Crippen molar-refractivity contribution in [2.24, 2.45) is 4.99 Å². The highest BCUT2D eigenvalue weighted by molar-refractivity contribution is 5.80. The number of piperidine rings is 1. The summed E-state index contributed by atoms with van der Waals surface area (Å²) in [5.74, 6) is 0.812. The van der Waals surface area contributed by atoms with E-state index in [0.29, 0.717) is 25.2 Å². The van der Waals surface area contributed by atoms with Gasteiger partial charge in [-0.05, 0) is 32.4 Å². The van der Waals surface area contributed by atoms with E-state index in [-0.39, 0.29) is 6.09 Å². The number of carbonyl (C=O) groups excluding carboxylic acids is 1. The van der Waals surface area contributed by atoms with E-state index in [9.17, 15) is 4.79 Å². The molecule has 1 aliphatic heterocycles. The standard InChI is InChI=1S/C20H33N5O2/c1-16(24(3)15-17-8-6-5-7-9-17)14-22-19(21-2)23-18-10-12-25(13-11-18)20(26)27-4/h5-9,16,18H,10-15H2,1-4H3,(H2,21,22,23). The van der Waals surface area contributed by atoms with Crippen LogP contribution in [-0.2, 0) is 11.3 Å². The third-order valence-electron chi connectivity index (χ3n) is 5.08. The summed E-state index contributed by atoms with van der Waals surface area (Å²) in [6, 6.07) is 11.2. The summed E-state index contributed by atoms with van der Waals surface area (Å²) >= 11 is 0. The molecule has 27 heavy (non-hydrogen) atoms. The van der Waals surface area contributed by atoms with Crippen molar-refractivity contribution >= 4 is 12.1 Å². The SMILES string of the molecule is CN=C(NCC(C)N(C)Cc1ccccc1)NC1CCN(C(=O)OC)CC1. The van der Waals surface area contributed by atoms with Crippen LogP contribution in [0.4, 0.5) is 4.79 Å². The molecule has 0 radical (unpaired) electrons. The molecule has 1 heterocycles. The monoisotopic (exact) mass is 375 g/mol. The van der Waals surface area contributed by atoms with Gasteiger partial charge in [0, 0.05) is 45.3 Å². The first-order valence-corrected chi connectivity index (χ1v) is 9.57. The van der Waals surface area contributed by atoms with Crippen LogP contribution < -0.4 is 10.6 Å². The van der Waals surface area contributed by atoms with Gasteiger partial charge in [0.1, 0.15) is 0 Å². The third kappa shape index (κ3) is 6.75. The Labute approximate surface area is 162 Å². The fourth-order valence-corrected chi connectivity index (χ4v) is 3.15. The van der Waals surface area contributed by atoms with Crippen molar-refractivity contribution in [1.82, 2.24) is 20.4 Å². The summed E-state index contributed by atoms with van der Waals surface area (Å²) in [5.41, 5.74) is 1.31. The van der Waals surface area contributed by atoms with Crippen LogP contribution in [0.2, 0.25) is 0 Å². The van der Waals surface area contributed by atoms with Crippen LogP contribution in [0.15, 0.2) is 35.3 Å². The molecule has 1 aromatic carbocycles. The highest BCUT2D eigenvalue weighted by atomic mass is 16.5. The number of rotatable bonds is 6. The second kappa shape index (κ2) is 10.8. The number of amides is 1. The molecular weight excluding hydrogens is 342 g/mol. The summed E-state index contributed by atoms with van der Waals surface area (Å²) in [6.07, 6.45) is 1.53. The highest BCUT2D eigenvalue weighted by Crippen LogP contribution is 2.11. The lowest BCUT2D eigenvalue weighted by Crippen LogP contribution is -2.51. The number of guanidine groups is 1. The molecule has 0 saturated carbocycles. The second-order valence-electron chi connectivity index (χ2n) is 7.08. The number of nitrogens with zero attached hydrogens (tertiary/aromatic N) is 3. The Morgan fingerprint density at radius 2 is 2.00 bits per heavy atom. The van der Waals surface area contributed by atoms with Crippen LogP contribution in [0.1, 0.15) is 25.3 Å². The Hall–Kier alpha value is -2.28. The average molecular weight is 376 g/mol. The van der Waals surface area contributed by atoms with Crippen LogP contribution in [0.3, 0.4) is 0 Å². The van der Waals surface area contributed by atoms with Crippen LogP contribution in [0.5, 0.6) is 0 Å². The van der Waals surface area contributed by atoms with Crippen molar-refractivity contribution in [1.29, 1.82) is 0 Å². The van der Waals surface area contributed by atoms with E-state index < -0.39 is 0 Å². The molecule has 7 heteroatoms. The predicted molar refractivity (Wildman–Crippen MR) is 109 cm³/mol. The molecule has 1 aromatic rings. The fourth-order valence-electron chi connectivity index (χ4n) is 3.15. The molecule has 1 saturated heterocycles. The molecule has 2 rings (SSSR count). The topological polar surface area (TPSA) is 69.2 Å². The summed E-state index contributed by atoms with van der Waals surface area (Å²) in [5, 5.41) is 6.89. The van der Waals surface area contributed by atoms with E-state index in [1.807, 2.05) is 6.07 Å². The number of ether oxygens (including phenoxy) is 1. The summed E-state index contributed by atoms with van der Waals surface area (Å²) in [4.78, 5) is 20.0. The Balaban J connectivity index is 1.73. The Kier molecular flexibility index (Phi) is 8.39. The van der Waals surface area contributed by atoms with Gasteiger partial charge < -0.3 is 20.3 Å². The van der Waals surface area contributed by atoms with Gasteiger partial charge in [0.15, 0.2) is 5.96 Å². The van der Waals surface area contributed by atoms with Gasteiger partial charge in [-0.15, -0.1) is 0 Å². The predicted octanol–water partition coefficient (Wildman–Crippen LogP) is 1.90. The Morgan fingerprint density at radius 3 is 2.59 bits per heavy atom. The zero-order valence-corrected chi connectivity index (χ0v) is 16.9. The normalized spacial score (nSPS) is 16.9. The first-order chi connectivity index (χ1) is 13.0. The molecule has 2 N–H and O–H groups in total. The largest absolute Gasteiger partial charge is 0.453 e. The zero-order valence-electron chi connectivity index (χ0n) is 16.9. The van der Waals surface area contributed by atoms with Gasteiger partial charge in [0.2, 0.25) is 0 Å². The molecule has 0 aliphatic carbocycles. The highest BCUT2D eigenvalue weighted by Gasteiger charge is 2.23. The van der Waals surface area contributed by atoms with Gasteiger partial charge in [-0.1, -0.05) is 30.3 Å². The van der Waals surface area contributed by atoms with E-state index in [4.69, 9.17) is 4.74 Å². The summed E-state index contributed by atoms with van der Waals surface area (Å²) < 4.78 is 4.78. The van der Waals surface area contributed by atoms with Crippen LogP contribution in [0, 0.1) is 0 Å².